The van der Waals surface area contributed by atoms with Crippen molar-refractivity contribution in [3.63, 3.8) is 0 Å². The SMILES string of the molecule is CC1=C(C#N)C(=C(C#N)C#N)OC1(c1ccc(F)cc1)c1ccc(F)cc1. The average Bonchev–Trinajstić information content (AvgIpc) is 2.97. The summed E-state index contributed by atoms with van der Waals surface area (Å²) < 4.78 is 33.0. The van der Waals surface area contributed by atoms with Crippen LogP contribution in [-0.2, 0) is 10.3 Å². The molecule has 27 heavy (non-hydrogen) atoms. The van der Waals surface area contributed by atoms with Crippen molar-refractivity contribution in [2.45, 2.75) is 12.5 Å². The van der Waals surface area contributed by atoms with E-state index in [1.165, 1.54) is 48.5 Å². The van der Waals surface area contributed by atoms with Crippen LogP contribution in [0.3, 0.4) is 0 Å². The van der Waals surface area contributed by atoms with Gasteiger partial charge in [0.1, 0.15) is 29.8 Å². The van der Waals surface area contributed by atoms with Gasteiger partial charge in [0.15, 0.2) is 16.9 Å². The fourth-order valence-corrected chi connectivity index (χ4v) is 3.15. The molecule has 0 spiro atoms. The highest BCUT2D eigenvalue weighted by Crippen LogP contribution is 2.50. The number of halogens is 2. The molecule has 0 amide bonds. The molecule has 2 aromatic carbocycles. The van der Waals surface area contributed by atoms with Crippen LogP contribution in [0.4, 0.5) is 8.78 Å². The molecule has 0 aromatic heterocycles. The third-order valence-corrected chi connectivity index (χ3v) is 4.45. The van der Waals surface area contributed by atoms with E-state index in [-0.39, 0.29) is 16.9 Å². The Labute approximate surface area is 154 Å². The molecule has 3 rings (SSSR count). The number of rotatable bonds is 2. The highest BCUT2D eigenvalue weighted by molar-refractivity contribution is 5.62. The zero-order valence-electron chi connectivity index (χ0n) is 14.1. The summed E-state index contributed by atoms with van der Waals surface area (Å²) in [4.78, 5) is 0. The minimum absolute atomic E-state index is 0.0433. The van der Waals surface area contributed by atoms with Crippen LogP contribution < -0.4 is 0 Å². The standard InChI is InChI=1S/C21H11F2N3O/c1-13-19(12-26)20(14(10-24)11-25)27-21(13,15-2-6-17(22)7-3-15)16-4-8-18(23)9-5-16/h2-9H,1H3. The highest BCUT2D eigenvalue weighted by atomic mass is 19.1. The first-order valence-corrected chi connectivity index (χ1v) is 7.85. The number of ether oxygens (including phenoxy) is 1. The molecule has 1 heterocycles. The number of hydrogen-bond donors (Lipinski definition) is 0. The molecule has 0 fully saturated rings. The van der Waals surface area contributed by atoms with E-state index in [0.717, 1.165) is 0 Å². The lowest BCUT2D eigenvalue weighted by Crippen LogP contribution is -2.29. The largest absolute Gasteiger partial charge is 0.470 e. The number of nitrogens with zero attached hydrogens (tertiary/aromatic N) is 3. The van der Waals surface area contributed by atoms with Crippen LogP contribution in [0.2, 0.25) is 0 Å². The normalized spacial score (nSPS) is 14.7. The lowest BCUT2D eigenvalue weighted by atomic mass is 9.80. The van der Waals surface area contributed by atoms with Gasteiger partial charge in [-0.2, -0.15) is 15.8 Å². The zero-order chi connectivity index (χ0) is 19.6. The predicted octanol–water partition coefficient (Wildman–Crippen LogP) is 4.38. The van der Waals surface area contributed by atoms with Gasteiger partial charge < -0.3 is 4.74 Å². The molecule has 0 radical (unpaired) electrons. The van der Waals surface area contributed by atoms with E-state index in [9.17, 15) is 24.6 Å². The van der Waals surface area contributed by atoms with Crippen LogP contribution in [-0.4, -0.2) is 0 Å². The van der Waals surface area contributed by atoms with Gasteiger partial charge >= 0.3 is 0 Å². The van der Waals surface area contributed by atoms with Crippen LogP contribution >= 0.6 is 0 Å². The summed E-state index contributed by atoms with van der Waals surface area (Å²) in [7, 11) is 0. The van der Waals surface area contributed by atoms with Crippen LogP contribution in [0, 0.1) is 45.6 Å². The van der Waals surface area contributed by atoms with E-state index in [4.69, 9.17) is 4.74 Å². The molecule has 4 nitrogen and oxygen atoms in total. The second-order valence-electron chi connectivity index (χ2n) is 5.84. The third kappa shape index (κ3) is 2.72. The molecule has 0 aliphatic carbocycles. The van der Waals surface area contributed by atoms with Gasteiger partial charge in [-0.3, -0.25) is 0 Å². The topological polar surface area (TPSA) is 80.6 Å². The van der Waals surface area contributed by atoms with Crippen molar-refractivity contribution in [3.8, 4) is 18.2 Å². The second kappa shape index (κ2) is 6.75. The third-order valence-electron chi connectivity index (χ3n) is 4.45. The van der Waals surface area contributed by atoms with E-state index < -0.39 is 17.2 Å². The minimum atomic E-state index is -1.39. The monoisotopic (exact) mass is 359 g/mol. The van der Waals surface area contributed by atoms with E-state index in [1.807, 2.05) is 6.07 Å². The summed E-state index contributed by atoms with van der Waals surface area (Å²) in [6.07, 6.45) is 0. The smallest absolute Gasteiger partial charge is 0.182 e. The fraction of sp³-hybridized carbons (Fsp3) is 0.0952. The van der Waals surface area contributed by atoms with Crippen LogP contribution in [0.5, 0.6) is 0 Å². The van der Waals surface area contributed by atoms with E-state index in [1.54, 1.807) is 19.1 Å². The van der Waals surface area contributed by atoms with Gasteiger partial charge in [0, 0.05) is 16.7 Å². The summed E-state index contributed by atoms with van der Waals surface area (Å²) in [5.74, 6) is -1.06. The van der Waals surface area contributed by atoms with Crippen molar-refractivity contribution in [3.05, 3.63) is 93.8 Å². The Hall–Kier alpha value is -3.95. The Balaban J connectivity index is 2.38. The van der Waals surface area contributed by atoms with Crippen molar-refractivity contribution in [2.24, 2.45) is 0 Å². The van der Waals surface area contributed by atoms with Crippen LogP contribution in [0.25, 0.3) is 0 Å². The van der Waals surface area contributed by atoms with Gasteiger partial charge in [-0.1, -0.05) is 24.3 Å². The van der Waals surface area contributed by atoms with E-state index in [0.29, 0.717) is 16.7 Å². The van der Waals surface area contributed by atoms with E-state index in [2.05, 4.69) is 0 Å². The predicted molar refractivity (Wildman–Crippen MR) is 91.2 cm³/mol. The molecular weight excluding hydrogens is 348 g/mol. The molecule has 1 aliphatic rings. The van der Waals surface area contributed by atoms with Gasteiger partial charge in [0.05, 0.1) is 5.57 Å². The van der Waals surface area contributed by atoms with Gasteiger partial charge in [-0.05, 0) is 31.2 Å². The molecule has 0 bridgehead atoms. The van der Waals surface area contributed by atoms with Crippen molar-refractivity contribution < 1.29 is 13.5 Å². The lowest BCUT2D eigenvalue weighted by Gasteiger charge is -2.32. The molecule has 130 valence electrons. The van der Waals surface area contributed by atoms with Crippen molar-refractivity contribution in [1.82, 2.24) is 0 Å². The van der Waals surface area contributed by atoms with Crippen molar-refractivity contribution in [2.75, 3.05) is 0 Å². The van der Waals surface area contributed by atoms with Crippen LogP contribution in [0.15, 0.2) is 71.0 Å². The average molecular weight is 359 g/mol. The zero-order valence-corrected chi connectivity index (χ0v) is 14.1. The first-order valence-electron chi connectivity index (χ1n) is 7.85. The minimum Gasteiger partial charge on any atom is -0.470 e. The Morgan fingerprint density at radius 2 is 1.30 bits per heavy atom. The lowest BCUT2D eigenvalue weighted by molar-refractivity contribution is 0.0931. The number of benzene rings is 2. The van der Waals surface area contributed by atoms with Gasteiger partial charge in [0.25, 0.3) is 0 Å². The maximum absolute atomic E-state index is 13.5. The molecule has 0 N–H and O–H groups in total. The summed E-state index contributed by atoms with van der Waals surface area (Å²) in [5.41, 5.74) is -0.322. The first kappa shape index (κ1) is 17.9. The molecule has 1 aliphatic heterocycles. The Bertz CT molecular complexity index is 1030. The first-order chi connectivity index (χ1) is 13.0. The summed E-state index contributed by atoms with van der Waals surface area (Å²) >= 11 is 0. The van der Waals surface area contributed by atoms with E-state index >= 15 is 0 Å². The second-order valence-corrected chi connectivity index (χ2v) is 5.84. The summed E-state index contributed by atoms with van der Waals surface area (Å²) in [6, 6.07) is 16.3. The van der Waals surface area contributed by atoms with Gasteiger partial charge in [-0.15, -0.1) is 0 Å². The number of hydrogen-bond acceptors (Lipinski definition) is 4. The van der Waals surface area contributed by atoms with Gasteiger partial charge in [0.2, 0.25) is 0 Å². The van der Waals surface area contributed by atoms with Crippen molar-refractivity contribution in [1.29, 1.82) is 15.8 Å². The molecular formula is C21H11F2N3O. The number of allylic oxidation sites excluding steroid dienone is 2. The fourth-order valence-electron chi connectivity index (χ4n) is 3.15. The summed E-state index contributed by atoms with van der Waals surface area (Å²) in [5, 5.41) is 28.1. The Morgan fingerprint density at radius 3 is 1.67 bits per heavy atom. The van der Waals surface area contributed by atoms with Crippen LogP contribution in [0.1, 0.15) is 18.1 Å². The molecule has 2 aromatic rings. The quantitative estimate of drug-likeness (QED) is 0.745. The molecule has 6 heteroatoms. The number of nitriles is 3. The summed E-state index contributed by atoms with van der Waals surface area (Å²) in [6.45, 7) is 1.63. The molecule has 0 atom stereocenters. The highest BCUT2D eigenvalue weighted by Gasteiger charge is 2.47. The van der Waals surface area contributed by atoms with Gasteiger partial charge in [-0.25, -0.2) is 8.78 Å². The molecule has 0 unspecified atom stereocenters. The maximum Gasteiger partial charge on any atom is 0.182 e. The Kier molecular flexibility index (Phi) is 4.46. The Morgan fingerprint density at radius 1 is 0.852 bits per heavy atom. The van der Waals surface area contributed by atoms with Crippen molar-refractivity contribution >= 4 is 0 Å². The molecule has 0 saturated carbocycles. The molecule has 0 saturated heterocycles. The maximum atomic E-state index is 13.5.